The number of nitro benzene ring substituents is 2. The van der Waals surface area contributed by atoms with E-state index in [0.717, 1.165) is 11.1 Å². The molecule has 0 atom stereocenters. The highest BCUT2D eigenvalue weighted by Crippen LogP contribution is 2.26. The largest absolute Gasteiger partial charge is 0.393 e. The zero-order chi connectivity index (χ0) is 15.6. The summed E-state index contributed by atoms with van der Waals surface area (Å²) in [4.78, 5) is 20.3. The Bertz CT molecular complexity index is 669. The lowest BCUT2D eigenvalue weighted by Gasteiger charge is -2.05. The van der Waals surface area contributed by atoms with Gasteiger partial charge in [-0.15, -0.1) is 0 Å². The van der Waals surface area contributed by atoms with Crippen LogP contribution in [0.25, 0.3) is 0 Å². The molecule has 0 bridgehead atoms. The Balaban J connectivity index is 2.26. The monoisotopic (exact) mass is 288 g/mol. The van der Waals surface area contributed by atoms with Gasteiger partial charge in [0.2, 0.25) is 0 Å². The van der Waals surface area contributed by atoms with E-state index in [4.69, 9.17) is 11.5 Å². The molecule has 2 aromatic rings. The van der Waals surface area contributed by atoms with Gasteiger partial charge in [0.05, 0.1) is 9.85 Å². The van der Waals surface area contributed by atoms with Crippen LogP contribution < -0.4 is 11.5 Å². The Kier molecular flexibility index (Phi) is 3.70. The van der Waals surface area contributed by atoms with Gasteiger partial charge >= 0.3 is 0 Å². The van der Waals surface area contributed by atoms with E-state index >= 15 is 0 Å². The minimum atomic E-state index is -0.553. The molecule has 8 heteroatoms. The first-order valence-corrected chi connectivity index (χ1v) is 5.94. The van der Waals surface area contributed by atoms with Crippen LogP contribution in [0.4, 0.5) is 22.7 Å². The van der Waals surface area contributed by atoms with Gasteiger partial charge in [-0.1, -0.05) is 12.1 Å². The smallest absolute Gasteiger partial charge is 0.292 e. The second-order valence-electron chi connectivity index (χ2n) is 4.48. The fraction of sp³-hybridized carbons (Fsp3) is 0.0769. The topological polar surface area (TPSA) is 138 Å². The number of nitrogen functional groups attached to an aromatic ring is 2. The molecule has 4 N–H and O–H groups in total. The Morgan fingerprint density at radius 3 is 1.48 bits per heavy atom. The molecule has 0 saturated heterocycles. The van der Waals surface area contributed by atoms with Crippen molar-refractivity contribution in [2.24, 2.45) is 0 Å². The molecule has 0 radical (unpaired) electrons. The van der Waals surface area contributed by atoms with Gasteiger partial charge in [-0.05, 0) is 29.7 Å². The molecule has 0 unspecified atom stereocenters. The van der Waals surface area contributed by atoms with Crippen LogP contribution in [0.5, 0.6) is 0 Å². The van der Waals surface area contributed by atoms with E-state index in [-0.39, 0.29) is 22.7 Å². The molecule has 0 amide bonds. The highest BCUT2D eigenvalue weighted by atomic mass is 16.6. The van der Waals surface area contributed by atoms with Crippen molar-refractivity contribution in [1.82, 2.24) is 0 Å². The molecule has 108 valence electrons. The van der Waals surface area contributed by atoms with Gasteiger partial charge in [-0.3, -0.25) is 20.2 Å². The molecule has 0 saturated carbocycles. The summed E-state index contributed by atoms with van der Waals surface area (Å²) in [6, 6.07) is 8.86. The first-order valence-electron chi connectivity index (χ1n) is 5.94. The number of nitro groups is 2. The standard InChI is InChI=1S/C13H12N4O4/c14-10-6-8(1-3-12(10)16(18)19)5-9-2-4-13(17(20)21)11(15)7-9/h1-4,6-7H,5,14-15H2. The maximum Gasteiger partial charge on any atom is 0.292 e. The third kappa shape index (κ3) is 3.06. The van der Waals surface area contributed by atoms with Crippen molar-refractivity contribution < 1.29 is 9.85 Å². The molecule has 0 aromatic heterocycles. The average Bonchev–Trinajstić information content (AvgIpc) is 2.37. The minimum Gasteiger partial charge on any atom is -0.393 e. The fourth-order valence-corrected chi connectivity index (χ4v) is 2.00. The average molecular weight is 288 g/mol. The van der Waals surface area contributed by atoms with Crippen molar-refractivity contribution in [3.63, 3.8) is 0 Å². The molecule has 0 aliphatic carbocycles. The molecule has 2 aromatic carbocycles. The Labute approximate surface area is 119 Å². The third-order valence-corrected chi connectivity index (χ3v) is 2.99. The Morgan fingerprint density at radius 2 is 1.19 bits per heavy atom. The minimum absolute atomic E-state index is 0.0763. The molecular weight excluding hydrogens is 276 g/mol. The summed E-state index contributed by atoms with van der Waals surface area (Å²) in [5.41, 5.74) is 12.6. The van der Waals surface area contributed by atoms with Crippen molar-refractivity contribution >= 4 is 22.7 Å². The van der Waals surface area contributed by atoms with E-state index < -0.39 is 9.85 Å². The molecule has 0 heterocycles. The maximum atomic E-state index is 10.7. The number of anilines is 2. The van der Waals surface area contributed by atoms with Gasteiger partial charge in [0, 0.05) is 12.1 Å². The maximum absolute atomic E-state index is 10.7. The van der Waals surface area contributed by atoms with Gasteiger partial charge in [0.15, 0.2) is 0 Å². The lowest BCUT2D eigenvalue weighted by molar-refractivity contribution is -0.384. The van der Waals surface area contributed by atoms with Gasteiger partial charge in [-0.25, -0.2) is 0 Å². The highest BCUT2D eigenvalue weighted by Gasteiger charge is 2.13. The van der Waals surface area contributed by atoms with Gasteiger partial charge in [0.1, 0.15) is 11.4 Å². The van der Waals surface area contributed by atoms with E-state index in [2.05, 4.69) is 0 Å². The fourth-order valence-electron chi connectivity index (χ4n) is 2.00. The molecule has 0 aliphatic heterocycles. The molecule has 0 fully saturated rings. The number of hydrogen-bond donors (Lipinski definition) is 2. The van der Waals surface area contributed by atoms with Crippen molar-refractivity contribution in [2.45, 2.75) is 6.42 Å². The molecule has 21 heavy (non-hydrogen) atoms. The summed E-state index contributed by atoms with van der Waals surface area (Å²) >= 11 is 0. The molecular formula is C13H12N4O4. The van der Waals surface area contributed by atoms with E-state index in [1.165, 1.54) is 24.3 Å². The normalized spacial score (nSPS) is 10.3. The number of nitrogens with two attached hydrogens (primary N) is 2. The summed E-state index contributed by atoms with van der Waals surface area (Å²) in [5, 5.41) is 21.4. The zero-order valence-electron chi connectivity index (χ0n) is 10.9. The van der Waals surface area contributed by atoms with E-state index in [1.807, 2.05) is 0 Å². The van der Waals surface area contributed by atoms with Crippen LogP contribution in [0.2, 0.25) is 0 Å². The summed E-state index contributed by atoms with van der Waals surface area (Å²) in [6.45, 7) is 0. The van der Waals surface area contributed by atoms with Crippen LogP contribution in [-0.2, 0) is 6.42 Å². The van der Waals surface area contributed by atoms with Crippen LogP contribution in [-0.4, -0.2) is 9.85 Å². The lowest BCUT2D eigenvalue weighted by atomic mass is 10.0. The highest BCUT2D eigenvalue weighted by molar-refractivity contribution is 5.61. The predicted octanol–water partition coefficient (Wildman–Crippen LogP) is 2.26. The van der Waals surface area contributed by atoms with Crippen LogP contribution in [0.3, 0.4) is 0 Å². The van der Waals surface area contributed by atoms with Gasteiger partial charge in [-0.2, -0.15) is 0 Å². The first kappa shape index (κ1) is 14.3. The summed E-state index contributed by atoms with van der Waals surface area (Å²) in [5.74, 6) is 0. The Morgan fingerprint density at radius 1 is 0.810 bits per heavy atom. The van der Waals surface area contributed by atoms with Gasteiger partial charge in [0.25, 0.3) is 11.4 Å². The summed E-state index contributed by atoms with van der Waals surface area (Å²) in [7, 11) is 0. The molecule has 0 aliphatic rings. The number of rotatable bonds is 4. The van der Waals surface area contributed by atoms with E-state index in [1.54, 1.807) is 12.1 Å². The SMILES string of the molecule is Nc1cc(Cc2ccc([N+](=O)[O-])c(N)c2)ccc1[N+](=O)[O-]. The van der Waals surface area contributed by atoms with Crippen LogP contribution in [0.15, 0.2) is 36.4 Å². The quantitative estimate of drug-likeness (QED) is 0.502. The third-order valence-electron chi connectivity index (χ3n) is 2.99. The van der Waals surface area contributed by atoms with E-state index in [9.17, 15) is 20.2 Å². The number of benzene rings is 2. The van der Waals surface area contributed by atoms with Crippen molar-refractivity contribution in [3.8, 4) is 0 Å². The van der Waals surface area contributed by atoms with Crippen molar-refractivity contribution in [2.75, 3.05) is 11.5 Å². The van der Waals surface area contributed by atoms with Crippen LogP contribution in [0.1, 0.15) is 11.1 Å². The van der Waals surface area contributed by atoms with Crippen LogP contribution in [0, 0.1) is 20.2 Å². The molecule has 8 nitrogen and oxygen atoms in total. The molecule has 2 rings (SSSR count). The first-order chi connectivity index (χ1) is 9.88. The summed E-state index contributed by atoms with van der Waals surface area (Å²) in [6.07, 6.45) is 0.421. The zero-order valence-corrected chi connectivity index (χ0v) is 10.9. The number of nitrogens with zero attached hydrogens (tertiary/aromatic N) is 2. The number of hydrogen-bond acceptors (Lipinski definition) is 6. The second kappa shape index (κ2) is 5.45. The van der Waals surface area contributed by atoms with Gasteiger partial charge < -0.3 is 11.5 Å². The Hall–Kier alpha value is -3.16. The second-order valence-corrected chi connectivity index (χ2v) is 4.48. The van der Waals surface area contributed by atoms with Crippen molar-refractivity contribution in [3.05, 3.63) is 67.8 Å². The molecule has 0 spiro atoms. The van der Waals surface area contributed by atoms with Crippen molar-refractivity contribution in [1.29, 1.82) is 0 Å². The predicted molar refractivity (Wildman–Crippen MR) is 77.8 cm³/mol. The van der Waals surface area contributed by atoms with E-state index in [0.29, 0.717) is 6.42 Å². The van der Waals surface area contributed by atoms with Crippen LogP contribution >= 0.6 is 0 Å². The summed E-state index contributed by atoms with van der Waals surface area (Å²) < 4.78 is 0. The lowest BCUT2D eigenvalue weighted by Crippen LogP contribution is -1.99.